The first kappa shape index (κ1) is 19.4. The number of likely N-dealkylation sites (tertiary alicyclic amines) is 1. The Morgan fingerprint density at radius 1 is 1.07 bits per heavy atom. The topological polar surface area (TPSA) is 49.4 Å². The van der Waals surface area contributed by atoms with Crippen molar-refractivity contribution in [3.63, 3.8) is 0 Å². The second-order valence-electron chi connectivity index (χ2n) is 7.13. The van der Waals surface area contributed by atoms with Gasteiger partial charge in [-0.3, -0.25) is 9.59 Å². The summed E-state index contributed by atoms with van der Waals surface area (Å²) in [6.45, 7) is 5.69. The normalized spacial score (nSPS) is 19.1. The van der Waals surface area contributed by atoms with Crippen LogP contribution in [0.5, 0.6) is 0 Å². The smallest absolute Gasteiger partial charge is 0.253 e. The molecule has 1 saturated heterocycles. The molecule has 27 heavy (non-hydrogen) atoms. The summed E-state index contributed by atoms with van der Waals surface area (Å²) in [5, 5.41) is 3.60. The van der Waals surface area contributed by atoms with Crippen LogP contribution in [0.1, 0.15) is 40.7 Å². The van der Waals surface area contributed by atoms with E-state index in [4.69, 9.17) is 11.6 Å². The predicted octanol–water partition coefficient (Wildman–Crippen LogP) is 4.03. The lowest BCUT2D eigenvalue weighted by atomic mass is 9.88. The second kappa shape index (κ2) is 8.57. The molecule has 1 N–H and O–H groups in total. The zero-order valence-corrected chi connectivity index (χ0v) is 16.5. The zero-order chi connectivity index (χ0) is 19.4. The number of carbonyl (C=O) groups excluding carboxylic acids is 2. The highest BCUT2D eigenvalue weighted by Gasteiger charge is 2.40. The summed E-state index contributed by atoms with van der Waals surface area (Å²) >= 11 is 5.93. The Morgan fingerprint density at radius 3 is 2.37 bits per heavy atom. The lowest BCUT2D eigenvalue weighted by Gasteiger charge is -2.18. The van der Waals surface area contributed by atoms with E-state index in [1.807, 2.05) is 13.8 Å². The molecule has 1 fully saturated rings. The lowest BCUT2D eigenvalue weighted by molar-refractivity contribution is -0.124. The summed E-state index contributed by atoms with van der Waals surface area (Å²) in [5.74, 6) is -0.280. The third-order valence-electron chi connectivity index (χ3n) is 5.09. The first-order valence-electron chi connectivity index (χ1n) is 9.38. The summed E-state index contributed by atoms with van der Waals surface area (Å²) in [4.78, 5) is 27.4. The van der Waals surface area contributed by atoms with Gasteiger partial charge in [0, 0.05) is 36.1 Å². The van der Waals surface area contributed by atoms with Gasteiger partial charge in [0.15, 0.2) is 0 Å². The minimum absolute atomic E-state index is 0.00120. The van der Waals surface area contributed by atoms with Crippen LogP contribution >= 0.6 is 11.6 Å². The maximum absolute atomic E-state index is 12.9. The number of benzene rings is 2. The van der Waals surface area contributed by atoms with Gasteiger partial charge in [-0.05, 0) is 43.2 Å². The standard InChI is InChI=1S/C22H25ClN2O2/c1-3-12-24-21(26)20-14-25(22(27)17-8-10-18(23)11-9-17)13-19(20)16-6-4-15(2)5-7-16/h4-11,19-20H,3,12-14H2,1-2H3,(H,24,26). The molecule has 4 nitrogen and oxygen atoms in total. The number of rotatable bonds is 5. The summed E-state index contributed by atoms with van der Waals surface area (Å²) in [7, 11) is 0. The molecule has 2 aromatic carbocycles. The summed E-state index contributed by atoms with van der Waals surface area (Å²) in [6.07, 6.45) is 0.890. The first-order valence-corrected chi connectivity index (χ1v) is 9.76. The molecule has 0 aliphatic carbocycles. The van der Waals surface area contributed by atoms with E-state index in [9.17, 15) is 9.59 Å². The Balaban J connectivity index is 1.83. The molecule has 2 aromatic rings. The van der Waals surface area contributed by atoms with Gasteiger partial charge in [0.05, 0.1) is 5.92 Å². The second-order valence-corrected chi connectivity index (χ2v) is 7.57. The minimum Gasteiger partial charge on any atom is -0.356 e. The summed E-state index contributed by atoms with van der Waals surface area (Å²) in [6, 6.07) is 15.1. The van der Waals surface area contributed by atoms with E-state index in [0.29, 0.717) is 30.2 Å². The molecule has 0 aromatic heterocycles. The number of nitrogens with one attached hydrogen (secondary N) is 1. The molecule has 5 heteroatoms. The Kier molecular flexibility index (Phi) is 6.17. The molecule has 1 aliphatic rings. The van der Waals surface area contributed by atoms with Gasteiger partial charge in [0.2, 0.25) is 5.91 Å². The quantitative estimate of drug-likeness (QED) is 0.846. The summed E-state index contributed by atoms with van der Waals surface area (Å²) in [5.41, 5.74) is 2.87. The fourth-order valence-electron chi connectivity index (χ4n) is 3.54. The van der Waals surface area contributed by atoms with Gasteiger partial charge in [-0.1, -0.05) is 48.4 Å². The van der Waals surface area contributed by atoms with Crippen LogP contribution in [0.25, 0.3) is 0 Å². The van der Waals surface area contributed by atoms with E-state index in [1.54, 1.807) is 29.2 Å². The van der Waals surface area contributed by atoms with Crippen LogP contribution in [-0.4, -0.2) is 36.3 Å². The fourth-order valence-corrected chi connectivity index (χ4v) is 3.67. The van der Waals surface area contributed by atoms with Gasteiger partial charge in [-0.25, -0.2) is 0 Å². The first-order chi connectivity index (χ1) is 13.0. The van der Waals surface area contributed by atoms with Crippen LogP contribution in [0.3, 0.4) is 0 Å². The minimum atomic E-state index is -0.240. The van der Waals surface area contributed by atoms with Crippen LogP contribution in [-0.2, 0) is 4.79 Å². The van der Waals surface area contributed by atoms with E-state index < -0.39 is 0 Å². The van der Waals surface area contributed by atoms with Gasteiger partial charge in [-0.2, -0.15) is 0 Å². The molecule has 2 unspecified atom stereocenters. The molecule has 2 atom stereocenters. The van der Waals surface area contributed by atoms with Crippen molar-refractivity contribution in [2.24, 2.45) is 5.92 Å². The molecule has 1 aliphatic heterocycles. The van der Waals surface area contributed by atoms with E-state index >= 15 is 0 Å². The highest BCUT2D eigenvalue weighted by Crippen LogP contribution is 2.34. The average molecular weight is 385 g/mol. The van der Waals surface area contributed by atoms with Crippen molar-refractivity contribution in [3.05, 3.63) is 70.2 Å². The Morgan fingerprint density at radius 2 is 1.74 bits per heavy atom. The Labute approximate surface area is 165 Å². The maximum Gasteiger partial charge on any atom is 0.253 e. The predicted molar refractivity (Wildman–Crippen MR) is 108 cm³/mol. The number of hydrogen-bond donors (Lipinski definition) is 1. The SMILES string of the molecule is CCCNC(=O)C1CN(C(=O)c2ccc(Cl)cc2)CC1c1ccc(C)cc1. The van der Waals surface area contributed by atoms with Gasteiger partial charge in [-0.15, -0.1) is 0 Å². The van der Waals surface area contributed by atoms with Crippen molar-refractivity contribution < 1.29 is 9.59 Å². The van der Waals surface area contributed by atoms with Crippen LogP contribution in [0, 0.1) is 12.8 Å². The van der Waals surface area contributed by atoms with E-state index in [0.717, 1.165) is 12.0 Å². The monoisotopic (exact) mass is 384 g/mol. The Bertz CT molecular complexity index is 802. The number of amides is 2. The van der Waals surface area contributed by atoms with Crippen LogP contribution in [0.4, 0.5) is 0 Å². The van der Waals surface area contributed by atoms with Crippen molar-refractivity contribution >= 4 is 23.4 Å². The number of hydrogen-bond acceptors (Lipinski definition) is 2. The van der Waals surface area contributed by atoms with Crippen LogP contribution in [0.2, 0.25) is 5.02 Å². The van der Waals surface area contributed by atoms with Crippen molar-refractivity contribution in [1.29, 1.82) is 0 Å². The van der Waals surface area contributed by atoms with Gasteiger partial charge < -0.3 is 10.2 Å². The maximum atomic E-state index is 12.9. The van der Waals surface area contributed by atoms with Crippen molar-refractivity contribution in [2.75, 3.05) is 19.6 Å². The molecule has 142 valence electrons. The van der Waals surface area contributed by atoms with Crippen molar-refractivity contribution in [1.82, 2.24) is 10.2 Å². The number of nitrogens with zero attached hydrogens (tertiary/aromatic N) is 1. The molecule has 0 spiro atoms. The van der Waals surface area contributed by atoms with Crippen molar-refractivity contribution in [2.45, 2.75) is 26.2 Å². The molecule has 2 amide bonds. The third kappa shape index (κ3) is 4.51. The van der Waals surface area contributed by atoms with Gasteiger partial charge in [0.1, 0.15) is 0 Å². The molecule has 0 radical (unpaired) electrons. The highest BCUT2D eigenvalue weighted by atomic mass is 35.5. The molecule has 0 bridgehead atoms. The van der Waals surface area contributed by atoms with Gasteiger partial charge in [0.25, 0.3) is 5.91 Å². The molecule has 1 heterocycles. The highest BCUT2D eigenvalue weighted by molar-refractivity contribution is 6.30. The van der Waals surface area contributed by atoms with E-state index in [2.05, 4.69) is 29.6 Å². The largest absolute Gasteiger partial charge is 0.356 e. The van der Waals surface area contributed by atoms with Crippen LogP contribution in [0.15, 0.2) is 48.5 Å². The molecular formula is C22H25ClN2O2. The summed E-state index contributed by atoms with van der Waals surface area (Å²) < 4.78 is 0. The number of halogens is 1. The molecular weight excluding hydrogens is 360 g/mol. The zero-order valence-electron chi connectivity index (χ0n) is 15.7. The molecule has 3 rings (SSSR count). The Hall–Kier alpha value is -2.33. The van der Waals surface area contributed by atoms with Crippen LogP contribution < -0.4 is 5.32 Å². The van der Waals surface area contributed by atoms with Gasteiger partial charge >= 0.3 is 0 Å². The van der Waals surface area contributed by atoms with Crippen molar-refractivity contribution in [3.8, 4) is 0 Å². The van der Waals surface area contributed by atoms with E-state index in [1.165, 1.54) is 5.56 Å². The van der Waals surface area contributed by atoms with E-state index in [-0.39, 0.29) is 23.7 Å². The number of aryl methyl sites for hydroxylation is 1. The number of carbonyl (C=O) groups is 2. The average Bonchev–Trinajstić information content (AvgIpc) is 3.12. The fraction of sp³-hybridized carbons (Fsp3) is 0.364. The third-order valence-corrected chi connectivity index (χ3v) is 5.34. The molecule has 0 saturated carbocycles. The lowest BCUT2D eigenvalue weighted by Crippen LogP contribution is -2.36.